The van der Waals surface area contributed by atoms with Crippen LogP contribution in [-0.4, -0.2) is 66.9 Å². The highest BCUT2D eigenvalue weighted by molar-refractivity contribution is 5.30. The Balaban J connectivity index is 1.84. The highest BCUT2D eigenvalue weighted by Gasteiger charge is 2.20. The summed E-state index contributed by atoms with van der Waals surface area (Å²) >= 11 is 0. The van der Waals surface area contributed by atoms with E-state index in [2.05, 4.69) is 19.8 Å². The summed E-state index contributed by atoms with van der Waals surface area (Å²) < 4.78 is 5.13. The maximum atomic E-state index is 8.95. The molecule has 0 aliphatic carbocycles. The molecular weight excluding hydrogens is 256 g/mol. The summed E-state index contributed by atoms with van der Waals surface area (Å²) in [4.78, 5) is 13.0. The highest BCUT2D eigenvalue weighted by atomic mass is 16.5. The minimum atomic E-state index is 0.252. The van der Waals surface area contributed by atoms with Gasteiger partial charge in [-0.1, -0.05) is 0 Å². The van der Waals surface area contributed by atoms with Crippen LogP contribution in [0.5, 0.6) is 5.88 Å². The average Bonchev–Trinajstić information content (AvgIpc) is 2.49. The smallest absolute Gasteiger partial charge is 0.228 e. The summed E-state index contributed by atoms with van der Waals surface area (Å²) in [6, 6.07) is 1.75. The van der Waals surface area contributed by atoms with E-state index in [-0.39, 0.29) is 6.61 Å². The summed E-state index contributed by atoms with van der Waals surface area (Å²) in [5, 5.41) is 8.95. The van der Waals surface area contributed by atoms with Crippen molar-refractivity contribution in [2.75, 3.05) is 51.8 Å². The predicted molar refractivity (Wildman–Crippen MR) is 78.1 cm³/mol. The molecule has 6 heteroatoms. The number of hydrogen-bond acceptors (Lipinski definition) is 6. The lowest BCUT2D eigenvalue weighted by atomic mass is 9.96. The van der Waals surface area contributed by atoms with Crippen molar-refractivity contribution in [3.63, 3.8) is 0 Å². The molecule has 0 bridgehead atoms. The molecule has 1 aliphatic heterocycles. The van der Waals surface area contributed by atoms with Crippen LogP contribution in [0.2, 0.25) is 0 Å². The minimum Gasteiger partial charge on any atom is -0.481 e. The van der Waals surface area contributed by atoms with Gasteiger partial charge in [-0.2, -0.15) is 4.98 Å². The van der Waals surface area contributed by atoms with Gasteiger partial charge < -0.3 is 19.6 Å². The Morgan fingerprint density at radius 3 is 2.85 bits per heavy atom. The van der Waals surface area contributed by atoms with Crippen LogP contribution < -0.4 is 9.64 Å². The lowest BCUT2D eigenvalue weighted by molar-refractivity contribution is 0.149. The van der Waals surface area contributed by atoms with Crippen molar-refractivity contribution >= 4 is 5.95 Å². The van der Waals surface area contributed by atoms with Crippen LogP contribution in [0.4, 0.5) is 5.95 Å². The van der Waals surface area contributed by atoms with Crippen molar-refractivity contribution in [2.45, 2.75) is 12.8 Å². The van der Waals surface area contributed by atoms with Gasteiger partial charge in [0.1, 0.15) is 0 Å². The summed E-state index contributed by atoms with van der Waals surface area (Å²) in [6.07, 6.45) is 4.05. The Kier molecular flexibility index (Phi) is 5.55. The molecule has 2 rings (SSSR count). The second kappa shape index (κ2) is 7.40. The standard InChI is InChI=1S/C14H24N4O2/c1-17(14-15-6-3-13(16-14)20-2)11-12-4-7-18(8-5-12)9-10-19/h3,6,12,19H,4-5,7-11H2,1-2H3. The van der Waals surface area contributed by atoms with E-state index in [1.54, 1.807) is 19.4 Å². The van der Waals surface area contributed by atoms with E-state index in [9.17, 15) is 0 Å². The lowest BCUT2D eigenvalue weighted by Crippen LogP contribution is -2.39. The number of ether oxygens (including phenoxy) is 1. The third-order valence-electron chi connectivity index (χ3n) is 3.82. The predicted octanol–water partition coefficient (Wildman–Crippen LogP) is 0.626. The number of nitrogens with zero attached hydrogens (tertiary/aromatic N) is 4. The molecule has 0 radical (unpaired) electrons. The summed E-state index contributed by atoms with van der Waals surface area (Å²) in [5.41, 5.74) is 0. The second-order valence-electron chi connectivity index (χ2n) is 5.29. The maximum absolute atomic E-state index is 8.95. The van der Waals surface area contributed by atoms with E-state index in [1.807, 2.05) is 7.05 Å². The second-order valence-corrected chi connectivity index (χ2v) is 5.29. The Morgan fingerprint density at radius 2 is 2.20 bits per heavy atom. The quantitative estimate of drug-likeness (QED) is 0.824. The first-order chi connectivity index (χ1) is 9.72. The Labute approximate surface area is 120 Å². The van der Waals surface area contributed by atoms with E-state index in [1.165, 1.54) is 0 Å². The first-order valence-corrected chi connectivity index (χ1v) is 7.14. The molecule has 0 saturated carbocycles. The van der Waals surface area contributed by atoms with Gasteiger partial charge in [-0.3, -0.25) is 0 Å². The largest absolute Gasteiger partial charge is 0.481 e. The number of aromatic nitrogens is 2. The highest BCUT2D eigenvalue weighted by Crippen LogP contribution is 2.20. The lowest BCUT2D eigenvalue weighted by Gasteiger charge is -2.33. The summed E-state index contributed by atoms with van der Waals surface area (Å²) in [6.45, 7) is 4.14. The van der Waals surface area contributed by atoms with Crippen LogP contribution >= 0.6 is 0 Å². The zero-order chi connectivity index (χ0) is 14.4. The molecular formula is C14H24N4O2. The molecule has 0 spiro atoms. The fourth-order valence-corrected chi connectivity index (χ4v) is 2.63. The van der Waals surface area contributed by atoms with Crippen molar-refractivity contribution in [1.82, 2.24) is 14.9 Å². The Bertz CT molecular complexity index is 408. The van der Waals surface area contributed by atoms with Gasteiger partial charge in [0.25, 0.3) is 0 Å². The van der Waals surface area contributed by atoms with Gasteiger partial charge in [-0.15, -0.1) is 0 Å². The minimum absolute atomic E-state index is 0.252. The van der Waals surface area contributed by atoms with E-state index in [4.69, 9.17) is 9.84 Å². The molecule has 20 heavy (non-hydrogen) atoms. The monoisotopic (exact) mass is 280 g/mol. The number of aliphatic hydroxyl groups is 1. The topological polar surface area (TPSA) is 61.7 Å². The Hall–Kier alpha value is -1.40. The number of β-amino-alcohol motifs (C(OH)–C–C–N with tert-alkyl or cyclic N) is 1. The molecule has 1 fully saturated rings. The van der Waals surface area contributed by atoms with Crippen LogP contribution in [0.25, 0.3) is 0 Å². The zero-order valence-electron chi connectivity index (χ0n) is 12.3. The van der Waals surface area contributed by atoms with Crippen molar-refractivity contribution in [1.29, 1.82) is 0 Å². The first-order valence-electron chi connectivity index (χ1n) is 7.14. The first kappa shape index (κ1) is 15.0. The number of methoxy groups -OCH3 is 1. The molecule has 2 heterocycles. The molecule has 6 nitrogen and oxygen atoms in total. The van der Waals surface area contributed by atoms with Gasteiger partial charge >= 0.3 is 0 Å². The van der Waals surface area contributed by atoms with E-state index in [0.717, 1.165) is 39.0 Å². The van der Waals surface area contributed by atoms with E-state index < -0.39 is 0 Å². The van der Waals surface area contributed by atoms with Crippen LogP contribution in [0.1, 0.15) is 12.8 Å². The van der Waals surface area contributed by atoms with Gasteiger partial charge in [-0.25, -0.2) is 4.98 Å². The van der Waals surface area contributed by atoms with Gasteiger partial charge in [0.05, 0.1) is 13.7 Å². The van der Waals surface area contributed by atoms with Crippen LogP contribution in [0.15, 0.2) is 12.3 Å². The van der Waals surface area contributed by atoms with Gasteiger partial charge in [-0.05, 0) is 31.8 Å². The molecule has 0 atom stereocenters. The molecule has 112 valence electrons. The van der Waals surface area contributed by atoms with Crippen LogP contribution in [-0.2, 0) is 0 Å². The maximum Gasteiger partial charge on any atom is 0.228 e. The third kappa shape index (κ3) is 4.05. The molecule has 1 aliphatic rings. The van der Waals surface area contributed by atoms with Crippen molar-refractivity contribution < 1.29 is 9.84 Å². The average molecular weight is 280 g/mol. The van der Waals surface area contributed by atoms with Crippen molar-refractivity contribution in [3.05, 3.63) is 12.3 Å². The molecule has 1 N–H and O–H groups in total. The molecule has 0 aromatic carbocycles. The number of aliphatic hydroxyl groups excluding tert-OH is 1. The zero-order valence-corrected chi connectivity index (χ0v) is 12.3. The number of hydrogen-bond donors (Lipinski definition) is 1. The number of piperidine rings is 1. The number of anilines is 1. The number of likely N-dealkylation sites (tertiary alicyclic amines) is 1. The van der Waals surface area contributed by atoms with Gasteiger partial charge in [0, 0.05) is 32.4 Å². The fraction of sp³-hybridized carbons (Fsp3) is 0.714. The number of rotatable bonds is 6. The molecule has 0 unspecified atom stereocenters. The molecule has 1 aromatic rings. The fourth-order valence-electron chi connectivity index (χ4n) is 2.63. The molecule has 1 aromatic heterocycles. The van der Waals surface area contributed by atoms with Gasteiger partial charge in [0.2, 0.25) is 11.8 Å². The Morgan fingerprint density at radius 1 is 1.45 bits per heavy atom. The normalized spacial score (nSPS) is 17.1. The molecule has 0 amide bonds. The third-order valence-corrected chi connectivity index (χ3v) is 3.82. The van der Waals surface area contributed by atoms with E-state index >= 15 is 0 Å². The van der Waals surface area contributed by atoms with Crippen LogP contribution in [0, 0.1) is 5.92 Å². The van der Waals surface area contributed by atoms with Gasteiger partial charge in [0.15, 0.2) is 0 Å². The summed E-state index contributed by atoms with van der Waals surface area (Å²) in [7, 11) is 3.64. The van der Waals surface area contributed by atoms with Crippen molar-refractivity contribution in [3.8, 4) is 5.88 Å². The SMILES string of the molecule is COc1ccnc(N(C)CC2CCN(CCO)CC2)n1. The summed E-state index contributed by atoms with van der Waals surface area (Å²) in [5.74, 6) is 1.96. The van der Waals surface area contributed by atoms with E-state index in [0.29, 0.717) is 17.7 Å². The van der Waals surface area contributed by atoms with Crippen LogP contribution in [0.3, 0.4) is 0 Å². The van der Waals surface area contributed by atoms with Crippen molar-refractivity contribution in [2.24, 2.45) is 5.92 Å². The molecule has 1 saturated heterocycles.